The van der Waals surface area contributed by atoms with Crippen LogP contribution in [-0.4, -0.2) is 11.5 Å². The molecule has 0 aliphatic heterocycles. The molecule has 0 saturated heterocycles. The van der Waals surface area contributed by atoms with Crippen LogP contribution in [0.2, 0.25) is 0 Å². The molecule has 0 unspecified atom stereocenters. The molecular weight excluding hydrogens is 240 g/mol. The maximum absolute atomic E-state index is 4.62. The second-order valence-corrected chi connectivity index (χ2v) is 5.47. The van der Waals surface area contributed by atoms with Gasteiger partial charge in [-0.25, -0.2) is 4.98 Å². The monoisotopic (exact) mass is 260 g/mol. The Labute approximate surface area is 113 Å². The fourth-order valence-corrected chi connectivity index (χ4v) is 2.73. The van der Waals surface area contributed by atoms with E-state index in [-0.39, 0.29) is 0 Å². The van der Waals surface area contributed by atoms with E-state index in [1.54, 1.807) is 11.3 Å². The summed E-state index contributed by atoms with van der Waals surface area (Å²) >= 11 is 1.78. The second-order valence-electron chi connectivity index (χ2n) is 4.53. The number of nitrogens with one attached hydrogen (secondary N) is 1. The molecule has 0 spiro atoms. The van der Waals surface area contributed by atoms with Gasteiger partial charge in [0, 0.05) is 24.0 Å². The molecule has 0 amide bonds. The van der Waals surface area contributed by atoms with E-state index in [0.29, 0.717) is 0 Å². The van der Waals surface area contributed by atoms with Crippen molar-refractivity contribution < 1.29 is 0 Å². The first-order chi connectivity index (χ1) is 8.78. The SMILES string of the molecule is CCCc1nc(CCNc2ccc(C)cc2)cs1. The Morgan fingerprint density at radius 2 is 1.94 bits per heavy atom. The lowest BCUT2D eigenvalue weighted by atomic mass is 10.2. The molecule has 18 heavy (non-hydrogen) atoms. The lowest BCUT2D eigenvalue weighted by Crippen LogP contribution is -2.05. The Bertz CT molecular complexity index is 473. The summed E-state index contributed by atoms with van der Waals surface area (Å²) in [6.45, 7) is 5.24. The van der Waals surface area contributed by atoms with Gasteiger partial charge >= 0.3 is 0 Å². The molecule has 0 fully saturated rings. The molecule has 2 nitrogen and oxygen atoms in total. The Balaban J connectivity index is 1.79. The maximum atomic E-state index is 4.62. The van der Waals surface area contributed by atoms with E-state index >= 15 is 0 Å². The highest BCUT2D eigenvalue weighted by Gasteiger charge is 2.01. The van der Waals surface area contributed by atoms with Gasteiger partial charge in [0.2, 0.25) is 0 Å². The number of aryl methyl sites for hydroxylation is 2. The van der Waals surface area contributed by atoms with Crippen molar-refractivity contribution in [3.05, 3.63) is 45.9 Å². The van der Waals surface area contributed by atoms with Gasteiger partial charge in [0.1, 0.15) is 0 Å². The predicted molar refractivity (Wildman–Crippen MR) is 79.5 cm³/mol. The highest BCUT2D eigenvalue weighted by atomic mass is 32.1. The van der Waals surface area contributed by atoms with Crippen LogP contribution < -0.4 is 5.32 Å². The predicted octanol–water partition coefficient (Wildman–Crippen LogP) is 4.06. The highest BCUT2D eigenvalue weighted by molar-refractivity contribution is 7.09. The number of thiazole rings is 1. The Kier molecular flexibility index (Phi) is 4.76. The molecule has 2 aromatic rings. The Morgan fingerprint density at radius 1 is 1.17 bits per heavy atom. The number of nitrogens with zero attached hydrogens (tertiary/aromatic N) is 1. The Morgan fingerprint density at radius 3 is 2.67 bits per heavy atom. The van der Waals surface area contributed by atoms with Crippen molar-refractivity contribution in [3.63, 3.8) is 0 Å². The fraction of sp³-hybridized carbons (Fsp3) is 0.400. The first-order valence-corrected chi connectivity index (χ1v) is 7.39. The van der Waals surface area contributed by atoms with Gasteiger partial charge < -0.3 is 5.32 Å². The summed E-state index contributed by atoms with van der Waals surface area (Å²) in [5.74, 6) is 0. The molecule has 0 aliphatic rings. The van der Waals surface area contributed by atoms with E-state index in [9.17, 15) is 0 Å². The number of aromatic nitrogens is 1. The summed E-state index contributed by atoms with van der Waals surface area (Å²) in [5, 5.41) is 6.88. The first-order valence-electron chi connectivity index (χ1n) is 6.51. The van der Waals surface area contributed by atoms with E-state index < -0.39 is 0 Å². The van der Waals surface area contributed by atoms with E-state index in [2.05, 4.69) is 53.8 Å². The summed E-state index contributed by atoms with van der Waals surface area (Å²) in [5.41, 5.74) is 3.69. The molecular formula is C15H20N2S. The zero-order chi connectivity index (χ0) is 12.8. The van der Waals surface area contributed by atoms with Crippen LogP contribution >= 0.6 is 11.3 Å². The van der Waals surface area contributed by atoms with Crippen LogP contribution in [0.1, 0.15) is 29.6 Å². The third-order valence-electron chi connectivity index (χ3n) is 2.83. The summed E-state index contributed by atoms with van der Waals surface area (Å²) in [6, 6.07) is 8.51. The number of anilines is 1. The maximum Gasteiger partial charge on any atom is 0.0928 e. The zero-order valence-electron chi connectivity index (χ0n) is 11.1. The lowest BCUT2D eigenvalue weighted by molar-refractivity contribution is 0.885. The second kappa shape index (κ2) is 6.55. The summed E-state index contributed by atoms with van der Waals surface area (Å²) < 4.78 is 0. The summed E-state index contributed by atoms with van der Waals surface area (Å²) in [7, 11) is 0. The number of hydrogen-bond donors (Lipinski definition) is 1. The molecule has 0 atom stereocenters. The van der Waals surface area contributed by atoms with Crippen LogP contribution in [0.5, 0.6) is 0 Å². The van der Waals surface area contributed by atoms with Gasteiger partial charge in [-0.1, -0.05) is 24.6 Å². The molecule has 0 bridgehead atoms. The largest absolute Gasteiger partial charge is 0.385 e. The van der Waals surface area contributed by atoms with Gasteiger partial charge in [-0.3, -0.25) is 0 Å². The topological polar surface area (TPSA) is 24.9 Å². The van der Waals surface area contributed by atoms with Gasteiger partial charge in [0.05, 0.1) is 10.7 Å². The Hall–Kier alpha value is -1.35. The van der Waals surface area contributed by atoms with E-state index in [1.165, 1.54) is 28.4 Å². The third-order valence-corrected chi connectivity index (χ3v) is 3.78. The minimum Gasteiger partial charge on any atom is -0.385 e. The number of rotatable bonds is 6. The molecule has 1 heterocycles. The highest BCUT2D eigenvalue weighted by Crippen LogP contribution is 2.13. The van der Waals surface area contributed by atoms with E-state index in [0.717, 1.165) is 19.4 Å². The molecule has 1 N–H and O–H groups in total. The quantitative estimate of drug-likeness (QED) is 0.847. The van der Waals surface area contributed by atoms with Crippen LogP contribution in [0.3, 0.4) is 0 Å². The summed E-state index contributed by atoms with van der Waals surface area (Å²) in [4.78, 5) is 4.62. The van der Waals surface area contributed by atoms with Gasteiger partial charge in [-0.2, -0.15) is 0 Å². The van der Waals surface area contributed by atoms with Crippen LogP contribution in [0.4, 0.5) is 5.69 Å². The molecule has 1 aromatic heterocycles. The van der Waals surface area contributed by atoms with Gasteiger partial charge in [-0.15, -0.1) is 11.3 Å². The van der Waals surface area contributed by atoms with Gasteiger partial charge in [0.25, 0.3) is 0 Å². The molecule has 3 heteroatoms. The molecule has 2 rings (SSSR count). The third kappa shape index (κ3) is 3.84. The average molecular weight is 260 g/mol. The number of benzene rings is 1. The van der Waals surface area contributed by atoms with Crippen LogP contribution in [-0.2, 0) is 12.8 Å². The van der Waals surface area contributed by atoms with Crippen molar-refractivity contribution in [2.75, 3.05) is 11.9 Å². The standard InChI is InChI=1S/C15H20N2S/c1-3-4-15-17-14(11-18-15)9-10-16-13-7-5-12(2)6-8-13/h5-8,11,16H,3-4,9-10H2,1-2H3. The van der Waals surface area contributed by atoms with Crippen molar-refractivity contribution in [2.24, 2.45) is 0 Å². The first kappa shape index (κ1) is 13.1. The molecule has 0 aliphatic carbocycles. The van der Waals surface area contributed by atoms with E-state index in [4.69, 9.17) is 0 Å². The van der Waals surface area contributed by atoms with Crippen LogP contribution in [0.15, 0.2) is 29.6 Å². The molecule has 0 saturated carbocycles. The van der Waals surface area contributed by atoms with Crippen molar-refractivity contribution in [2.45, 2.75) is 33.1 Å². The van der Waals surface area contributed by atoms with Gasteiger partial charge in [-0.05, 0) is 31.9 Å². The smallest absolute Gasteiger partial charge is 0.0928 e. The van der Waals surface area contributed by atoms with Crippen LogP contribution in [0, 0.1) is 6.92 Å². The van der Waals surface area contributed by atoms with Gasteiger partial charge in [0.15, 0.2) is 0 Å². The lowest BCUT2D eigenvalue weighted by Gasteiger charge is -2.05. The molecule has 1 aromatic carbocycles. The number of hydrogen-bond acceptors (Lipinski definition) is 3. The average Bonchev–Trinajstić information content (AvgIpc) is 2.80. The van der Waals surface area contributed by atoms with E-state index in [1.807, 2.05) is 0 Å². The van der Waals surface area contributed by atoms with Crippen LogP contribution in [0.25, 0.3) is 0 Å². The van der Waals surface area contributed by atoms with Crippen molar-refractivity contribution in [1.29, 1.82) is 0 Å². The fourth-order valence-electron chi connectivity index (χ4n) is 1.80. The minimum absolute atomic E-state index is 0.943. The zero-order valence-corrected chi connectivity index (χ0v) is 11.9. The van der Waals surface area contributed by atoms with Crippen molar-refractivity contribution in [3.8, 4) is 0 Å². The normalized spacial score (nSPS) is 10.6. The summed E-state index contributed by atoms with van der Waals surface area (Å²) in [6.07, 6.45) is 3.28. The molecule has 96 valence electrons. The van der Waals surface area contributed by atoms with Crippen molar-refractivity contribution >= 4 is 17.0 Å². The molecule has 0 radical (unpaired) electrons. The minimum atomic E-state index is 0.943. The van der Waals surface area contributed by atoms with Crippen molar-refractivity contribution in [1.82, 2.24) is 4.98 Å².